The molecule has 128 valence electrons. The maximum Gasteiger partial charge on any atom is 0.338 e. The van der Waals surface area contributed by atoms with Crippen LogP contribution >= 0.6 is 15.9 Å². The number of sulfonamides is 1. The lowest BCUT2D eigenvalue weighted by Gasteiger charge is -2.13. The summed E-state index contributed by atoms with van der Waals surface area (Å²) in [7, 11) is -2.40. The first-order valence-electron chi connectivity index (χ1n) is 7.01. The Bertz CT molecular complexity index is 851. The highest BCUT2D eigenvalue weighted by Crippen LogP contribution is 2.29. The third kappa shape index (κ3) is 4.07. The van der Waals surface area contributed by atoms with Crippen molar-refractivity contribution in [1.29, 1.82) is 0 Å². The lowest BCUT2D eigenvalue weighted by atomic mass is 10.2. The SMILES string of the molecule is CCOC(=O)c1ccc(S(=O)(=O)Nc2ccccc2OC)c(Br)c1. The van der Waals surface area contributed by atoms with Crippen LogP contribution < -0.4 is 9.46 Å². The average molecular weight is 414 g/mol. The largest absolute Gasteiger partial charge is 0.495 e. The van der Waals surface area contributed by atoms with Crippen LogP contribution in [-0.2, 0) is 14.8 Å². The van der Waals surface area contributed by atoms with Crippen LogP contribution in [0.15, 0.2) is 51.8 Å². The number of carbonyl (C=O) groups excluding carboxylic acids is 1. The fraction of sp³-hybridized carbons (Fsp3) is 0.188. The van der Waals surface area contributed by atoms with Crippen molar-refractivity contribution in [2.75, 3.05) is 18.4 Å². The zero-order valence-corrected chi connectivity index (χ0v) is 15.5. The van der Waals surface area contributed by atoms with Crippen LogP contribution in [0, 0.1) is 0 Å². The van der Waals surface area contributed by atoms with Gasteiger partial charge in [-0.25, -0.2) is 13.2 Å². The molecule has 0 heterocycles. The molecule has 1 N–H and O–H groups in total. The number of carbonyl (C=O) groups is 1. The van der Waals surface area contributed by atoms with Crippen molar-refractivity contribution in [2.45, 2.75) is 11.8 Å². The monoisotopic (exact) mass is 413 g/mol. The number of hydrogen-bond acceptors (Lipinski definition) is 5. The minimum absolute atomic E-state index is 0.00135. The zero-order valence-electron chi connectivity index (χ0n) is 13.1. The molecule has 2 aromatic carbocycles. The first kappa shape index (κ1) is 18.3. The molecule has 0 spiro atoms. The van der Waals surface area contributed by atoms with E-state index in [-0.39, 0.29) is 21.5 Å². The van der Waals surface area contributed by atoms with E-state index in [1.165, 1.54) is 25.3 Å². The molecular formula is C16H16BrNO5S. The maximum absolute atomic E-state index is 12.6. The molecule has 6 nitrogen and oxygen atoms in total. The Morgan fingerprint density at radius 2 is 1.92 bits per heavy atom. The van der Waals surface area contributed by atoms with Gasteiger partial charge < -0.3 is 9.47 Å². The number of nitrogens with one attached hydrogen (secondary N) is 1. The quantitative estimate of drug-likeness (QED) is 0.733. The Morgan fingerprint density at radius 1 is 1.21 bits per heavy atom. The van der Waals surface area contributed by atoms with Crippen LogP contribution in [-0.4, -0.2) is 28.1 Å². The van der Waals surface area contributed by atoms with Crippen LogP contribution in [0.1, 0.15) is 17.3 Å². The van der Waals surface area contributed by atoms with Crippen molar-refractivity contribution in [2.24, 2.45) is 0 Å². The number of hydrogen-bond donors (Lipinski definition) is 1. The van der Waals surface area contributed by atoms with Gasteiger partial charge in [-0.3, -0.25) is 4.72 Å². The second kappa shape index (κ2) is 7.67. The van der Waals surface area contributed by atoms with Crippen LogP contribution in [0.25, 0.3) is 0 Å². The highest BCUT2D eigenvalue weighted by atomic mass is 79.9. The van der Waals surface area contributed by atoms with Crippen molar-refractivity contribution in [3.63, 3.8) is 0 Å². The molecule has 0 saturated heterocycles. The Kier molecular flexibility index (Phi) is 5.84. The van der Waals surface area contributed by atoms with E-state index in [9.17, 15) is 13.2 Å². The number of rotatable bonds is 6. The molecule has 0 aliphatic carbocycles. The minimum Gasteiger partial charge on any atom is -0.495 e. The molecule has 2 aromatic rings. The summed E-state index contributed by atoms with van der Waals surface area (Å²) >= 11 is 3.19. The van der Waals surface area contributed by atoms with Crippen LogP contribution in [0.3, 0.4) is 0 Å². The number of benzene rings is 2. The van der Waals surface area contributed by atoms with E-state index in [1.807, 2.05) is 0 Å². The van der Waals surface area contributed by atoms with E-state index >= 15 is 0 Å². The summed E-state index contributed by atoms with van der Waals surface area (Å²) < 4.78 is 37.9. The lowest BCUT2D eigenvalue weighted by Crippen LogP contribution is -2.15. The van der Waals surface area contributed by atoms with E-state index in [0.29, 0.717) is 11.4 Å². The van der Waals surface area contributed by atoms with Gasteiger partial charge in [-0.05, 0) is 53.2 Å². The molecule has 8 heteroatoms. The van der Waals surface area contributed by atoms with Crippen LogP contribution in [0.2, 0.25) is 0 Å². The van der Waals surface area contributed by atoms with Gasteiger partial charge in [0.1, 0.15) is 10.6 Å². The van der Waals surface area contributed by atoms with E-state index < -0.39 is 16.0 Å². The third-order valence-corrected chi connectivity index (χ3v) is 5.43. The fourth-order valence-electron chi connectivity index (χ4n) is 1.99. The van der Waals surface area contributed by atoms with Gasteiger partial charge in [0, 0.05) is 4.47 Å². The molecule has 0 saturated carbocycles. The van der Waals surface area contributed by atoms with Gasteiger partial charge in [-0.1, -0.05) is 12.1 Å². The number of para-hydroxylation sites is 2. The van der Waals surface area contributed by atoms with Gasteiger partial charge >= 0.3 is 5.97 Å². The third-order valence-electron chi connectivity index (χ3n) is 3.08. The van der Waals surface area contributed by atoms with Crippen molar-refractivity contribution < 1.29 is 22.7 Å². The average Bonchev–Trinajstić information content (AvgIpc) is 2.54. The maximum atomic E-state index is 12.6. The molecule has 0 atom stereocenters. The second-order valence-corrected chi connectivity index (χ2v) is 7.18. The van der Waals surface area contributed by atoms with Gasteiger partial charge in [0.2, 0.25) is 0 Å². The smallest absolute Gasteiger partial charge is 0.338 e. The fourth-order valence-corrected chi connectivity index (χ4v) is 4.14. The summed E-state index contributed by atoms with van der Waals surface area (Å²) in [6.45, 7) is 1.94. The Labute approximate surface area is 149 Å². The number of anilines is 1. The predicted molar refractivity (Wildman–Crippen MR) is 93.9 cm³/mol. The lowest BCUT2D eigenvalue weighted by molar-refractivity contribution is 0.0526. The van der Waals surface area contributed by atoms with Gasteiger partial charge in [0.05, 0.1) is 25.0 Å². The molecule has 0 aliphatic heterocycles. The predicted octanol–water partition coefficient (Wildman–Crippen LogP) is 3.44. The van der Waals surface area contributed by atoms with Crippen LogP contribution in [0.4, 0.5) is 5.69 Å². The molecule has 0 aromatic heterocycles. The van der Waals surface area contributed by atoms with E-state index in [2.05, 4.69) is 20.7 Å². The normalized spacial score (nSPS) is 11.0. The van der Waals surface area contributed by atoms with Crippen molar-refractivity contribution >= 4 is 37.6 Å². The van der Waals surface area contributed by atoms with E-state index in [0.717, 1.165) is 0 Å². The van der Waals surface area contributed by atoms with Crippen molar-refractivity contribution in [3.05, 3.63) is 52.5 Å². The Hall–Kier alpha value is -2.06. The van der Waals surface area contributed by atoms with Gasteiger partial charge in [-0.15, -0.1) is 0 Å². The van der Waals surface area contributed by atoms with Gasteiger partial charge in [0.15, 0.2) is 0 Å². The number of ether oxygens (including phenoxy) is 2. The highest BCUT2D eigenvalue weighted by molar-refractivity contribution is 9.10. The summed E-state index contributed by atoms with van der Waals surface area (Å²) in [6.07, 6.45) is 0. The number of methoxy groups -OCH3 is 1. The van der Waals surface area contributed by atoms with E-state index in [1.54, 1.807) is 31.2 Å². The molecule has 0 radical (unpaired) electrons. The van der Waals surface area contributed by atoms with E-state index in [4.69, 9.17) is 9.47 Å². The molecule has 0 fully saturated rings. The first-order chi connectivity index (χ1) is 11.4. The Balaban J connectivity index is 2.34. The molecule has 0 bridgehead atoms. The molecule has 0 unspecified atom stereocenters. The van der Waals surface area contributed by atoms with Crippen LogP contribution in [0.5, 0.6) is 5.75 Å². The van der Waals surface area contributed by atoms with Crippen molar-refractivity contribution in [1.82, 2.24) is 0 Å². The van der Waals surface area contributed by atoms with Gasteiger partial charge in [-0.2, -0.15) is 0 Å². The van der Waals surface area contributed by atoms with Gasteiger partial charge in [0.25, 0.3) is 10.0 Å². The summed E-state index contributed by atoms with van der Waals surface area (Å²) in [6, 6.07) is 10.8. The molecule has 24 heavy (non-hydrogen) atoms. The highest BCUT2D eigenvalue weighted by Gasteiger charge is 2.21. The second-order valence-electron chi connectivity index (χ2n) is 4.67. The topological polar surface area (TPSA) is 81.7 Å². The molecular weight excluding hydrogens is 398 g/mol. The standard InChI is InChI=1S/C16H16BrNO5S/c1-3-23-16(19)11-8-9-15(12(17)10-11)24(20,21)18-13-6-4-5-7-14(13)22-2/h4-10,18H,3H2,1-2H3. The number of esters is 1. The first-order valence-corrected chi connectivity index (χ1v) is 9.29. The number of halogens is 1. The summed E-state index contributed by atoms with van der Waals surface area (Å²) in [5.74, 6) is -0.111. The Morgan fingerprint density at radius 3 is 2.54 bits per heavy atom. The summed E-state index contributed by atoms with van der Waals surface area (Å²) in [4.78, 5) is 11.7. The summed E-state index contributed by atoms with van der Waals surface area (Å²) in [5.41, 5.74) is 0.585. The van der Waals surface area contributed by atoms with Crippen molar-refractivity contribution in [3.8, 4) is 5.75 Å². The molecule has 0 aliphatic rings. The zero-order chi connectivity index (χ0) is 17.7. The summed E-state index contributed by atoms with van der Waals surface area (Å²) in [5, 5.41) is 0. The molecule has 0 amide bonds. The minimum atomic E-state index is -3.86. The molecule has 2 rings (SSSR count).